The molecule has 0 spiro atoms. The van der Waals surface area contributed by atoms with Crippen LogP contribution in [0, 0.1) is 5.41 Å². The first-order valence-electron chi connectivity index (χ1n) is 5.97. The molecule has 17 heavy (non-hydrogen) atoms. The summed E-state index contributed by atoms with van der Waals surface area (Å²) in [7, 11) is 2.13. The minimum Gasteiger partial charge on any atom is -0.308 e. The number of pyridine rings is 1. The molecular formula is C13H24N4. The SMILES string of the molecule is CC(N(C)Cc1cccc(NN)n1)C(C)(C)C. The van der Waals surface area contributed by atoms with Crippen LogP contribution in [0.5, 0.6) is 0 Å². The first kappa shape index (κ1) is 13.9. The summed E-state index contributed by atoms with van der Waals surface area (Å²) in [5, 5.41) is 0. The highest BCUT2D eigenvalue weighted by Crippen LogP contribution is 2.23. The van der Waals surface area contributed by atoms with Gasteiger partial charge in [-0.25, -0.2) is 10.8 Å². The fraction of sp³-hybridized carbons (Fsp3) is 0.615. The Labute approximate surface area is 104 Å². The maximum atomic E-state index is 5.35. The van der Waals surface area contributed by atoms with E-state index in [1.165, 1.54) is 0 Å². The minimum atomic E-state index is 0.262. The molecule has 1 aromatic rings. The third kappa shape index (κ3) is 3.98. The number of aromatic nitrogens is 1. The van der Waals surface area contributed by atoms with Gasteiger partial charge in [-0.15, -0.1) is 0 Å². The number of hydrazine groups is 1. The first-order valence-corrected chi connectivity index (χ1v) is 5.97. The molecule has 0 aliphatic rings. The predicted octanol–water partition coefficient (Wildman–Crippen LogP) is 2.23. The van der Waals surface area contributed by atoms with Crippen LogP contribution in [0.25, 0.3) is 0 Å². The van der Waals surface area contributed by atoms with Gasteiger partial charge in [0.05, 0.1) is 5.69 Å². The molecule has 1 unspecified atom stereocenters. The van der Waals surface area contributed by atoms with Crippen molar-refractivity contribution in [2.45, 2.75) is 40.3 Å². The Morgan fingerprint density at radius 3 is 2.59 bits per heavy atom. The molecule has 0 bridgehead atoms. The van der Waals surface area contributed by atoms with Gasteiger partial charge in [0, 0.05) is 12.6 Å². The van der Waals surface area contributed by atoms with Crippen LogP contribution in [0.1, 0.15) is 33.4 Å². The highest BCUT2D eigenvalue weighted by molar-refractivity contribution is 5.33. The van der Waals surface area contributed by atoms with Crippen LogP contribution >= 0.6 is 0 Å². The van der Waals surface area contributed by atoms with Gasteiger partial charge in [-0.1, -0.05) is 26.8 Å². The lowest BCUT2D eigenvalue weighted by Crippen LogP contribution is -2.39. The number of nitrogens with two attached hydrogens (primary N) is 1. The summed E-state index contributed by atoms with van der Waals surface area (Å²) in [6, 6.07) is 6.33. The normalized spacial score (nSPS) is 13.8. The molecule has 0 saturated carbocycles. The topological polar surface area (TPSA) is 54.2 Å². The van der Waals surface area contributed by atoms with Gasteiger partial charge >= 0.3 is 0 Å². The molecule has 0 saturated heterocycles. The highest BCUT2D eigenvalue weighted by Gasteiger charge is 2.23. The second-order valence-corrected chi connectivity index (χ2v) is 5.62. The van der Waals surface area contributed by atoms with Crippen molar-refractivity contribution in [2.24, 2.45) is 11.3 Å². The van der Waals surface area contributed by atoms with Crippen LogP contribution in [-0.2, 0) is 6.54 Å². The Morgan fingerprint density at radius 2 is 2.06 bits per heavy atom. The van der Waals surface area contributed by atoms with Gasteiger partial charge in [0.2, 0.25) is 0 Å². The van der Waals surface area contributed by atoms with Crippen LogP contribution in [-0.4, -0.2) is 23.0 Å². The molecular weight excluding hydrogens is 212 g/mol. The molecule has 1 atom stereocenters. The van der Waals surface area contributed by atoms with Gasteiger partial charge in [-0.2, -0.15) is 0 Å². The van der Waals surface area contributed by atoms with E-state index in [1.54, 1.807) is 0 Å². The summed E-state index contributed by atoms with van der Waals surface area (Å²) in [6.07, 6.45) is 0. The lowest BCUT2D eigenvalue weighted by Gasteiger charge is -2.35. The van der Waals surface area contributed by atoms with E-state index in [1.807, 2.05) is 18.2 Å². The largest absolute Gasteiger partial charge is 0.308 e. The Hall–Kier alpha value is -1.13. The minimum absolute atomic E-state index is 0.262. The van der Waals surface area contributed by atoms with Crippen LogP contribution in [0.3, 0.4) is 0 Å². The third-order valence-corrected chi connectivity index (χ3v) is 3.28. The summed E-state index contributed by atoms with van der Waals surface area (Å²) in [5.74, 6) is 6.06. The molecule has 0 amide bonds. The maximum absolute atomic E-state index is 5.35. The molecule has 0 aromatic carbocycles. The average Bonchev–Trinajstić information content (AvgIpc) is 2.27. The number of anilines is 1. The summed E-state index contributed by atoms with van der Waals surface area (Å²) in [6.45, 7) is 9.82. The van der Waals surface area contributed by atoms with Gasteiger partial charge < -0.3 is 5.43 Å². The van der Waals surface area contributed by atoms with Crippen molar-refractivity contribution in [3.63, 3.8) is 0 Å². The van der Waals surface area contributed by atoms with Crippen molar-refractivity contribution in [1.29, 1.82) is 0 Å². The number of hydrogen-bond donors (Lipinski definition) is 2. The summed E-state index contributed by atoms with van der Waals surface area (Å²) in [5.41, 5.74) is 3.86. The molecule has 96 valence electrons. The van der Waals surface area contributed by atoms with Crippen molar-refractivity contribution in [3.8, 4) is 0 Å². The number of rotatable bonds is 4. The quantitative estimate of drug-likeness (QED) is 0.622. The van der Waals surface area contributed by atoms with Crippen LogP contribution in [0.2, 0.25) is 0 Å². The highest BCUT2D eigenvalue weighted by atomic mass is 15.3. The Morgan fingerprint density at radius 1 is 1.41 bits per heavy atom. The van der Waals surface area contributed by atoms with E-state index < -0.39 is 0 Å². The zero-order valence-corrected chi connectivity index (χ0v) is 11.5. The molecule has 1 heterocycles. The molecule has 0 radical (unpaired) electrons. The average molecular weight is 236 g/mol. The van der Waals surface area contributed by atoms with Gasteiger partial charge in [0.15, 0.2) is 0 Å². The van der Waals surface area contributed by atoms with Gasteiger partial charge in [-0.3, -0.25) is 4.90 Å². The Bertz CT molecular complexity index is 357. The van der Waals surface area contributed by atoms with Crippen molar-refractivity contribution in [2.75, 3.05) is 12.5 Å². The van der Waals surface area contributed by atoms with E-state index in [9.17, 15) is 0 Å². The predicted molar refractivity (Wildman–Crippen MR) is 72.4 cm³/mol. The lowest BCUT2D eigenvalue weighted by molar-refractivity contribution is 0.133. The second kappa shape index (κ2) is 5.47. The molecule has 1 aromatic heterocycles. The fourth-order valence-electron chi connectivity index (χ4n) is 1.70. The Kier molecular flexibility index (Phi) is 4.48. The second-order valence-electron chi connectivity index (χ2n) is 5.62. The summed E-state index contributed by atoms with van der Waals surface area (Å²) >= 11 is 0. The van der Waals surface area contributed by atoms with Gasteiger partial charge in [-0.05, 0) is 31.5 Å². The van der Waals surface area contributed by atoms with E-state index >= 15 is 0 Å². The number of hydrogen-bond acceptors (Lipinski definition) is 4. The maximum Gasteiger partial charge on any atom is 0.140 e. The number of nitrogens with one attached hydrogen (secondary N) is 1. The molecule has 0 aliphatic carbocycles. The number of nitrogen functional groups attached to an aromatic ring is 1. The Balaban J connectivity index is 2.70. The van der Waals surface area contributed by atoms with E-state index in [2.05, 4.69) is 50.1 Å². The molecule has 0 aliphatic heterocycles. The van der Waals surface area contributed by atoms with Crippen molar-refractivity contribution < 1.29 is 0 Å². The van der Waals surface area contributed by atoms with E-state index in [0.29, 0.717) is 11.9 Å². The first-order chi connectivity index (χ1) is 7.84. The smallest absolute Gasteiger partial charge is 0.140 e. The van der Waals surface area contributed by atoms with Crippen molar-refractivity contribution in [1.82, 2.24) is 9.88 Å². The van der Waals surface area contributed by atoms with Crippen LogP contribution in [0.4, 0.5) is 5.82 Å². The molecule has 1 rings (SSSR count). The molecule has 3 N–H and O–H groups in total. The van der Waals surface area contributed by atoms with Crippen LogP contribution in [0.15, 0.2) is 18.2 Å². The standard InChI is InChI=1S/C13H24N4/c1-10(13(2,3)4)17(5)9-11-7-6-8-12(15-11)16-14/h6-8,10H,9,14H2,1-5H3,(H,15,16). The fourth-order valence-corrected chi connectivity index (χ4v) is 1.70. The zero-order chi connectivity index (χ0) is 13.1. The van der Waals surface area contributed by atoms with Crippen molar-refractivity contribution in [3.05, 3.63) is 23.9 Å². The van der Waals surface area contributed by atoms with Gasteiger partial charge in [0.1, 0.15) is 5.82 Å². The summed E-state index contributed by atoms with van der Waals surface area (Å²) in [4.78, 5) is 6.73. The summed E-state index contributed by atoms with van der Waals surface area (Å²) < 4.78 is 0. The third-order valence-electron chi connectivity index (χ3n) is 3.28. The molecule has 4 heteroatoms. The molecule has 0 fully saturated rings. The van der Waals surface area contributed by atoms with E-state index in [0.717, 1.165) is 12.2 Å². The van der Waals surface area contributed by atoms with Crippen LogP contribution < -0.4 is 11.3 Å². The number of nitrogens with zero attached hydrogens (tertiary/aromatic N) is 2. The van der Waals surface area contributed by atoms with E-state index in [-0.39, 0.29) is 5.41 Å². The lowest BCUT2D eigenvalue weighted by atomic mass is 9.87. The zero-order valence-electron chi connectivity index (χ0n) is 11.5. The van der Waals surface area contributed by atoms with Gasteiger partial charge in [0.25, 0.3) is 0 Å². The molecule has 4 nitrogen and oxygen atoms in total. The van der Waals surface area contributed by atoms with Crippen molar-refractivity contribution >= 4 is 5.82 Å². The monoisotopic (exact) mass is 236 g/mol. The van der Waals surface area contributed by atoms with E-state index in [4.69, 9.17) is 5.84 Å².